The number of rotatable bonds is 13. The molecule has 0 saturated carbocycles. The van der Waals surface area contributed by atoms with Crippen molar-refractivity contribution in [2.24, 2.45) is 0 Å². The number of carboxylic acids is 1. The minimum Gasteiger partial charge on any atom is -0.481 e. The molecule has 0 spiro atoms. The van der Waals surface area contributed by atoms with E-state index in [1.807, 2.05) is 49.5 Å². The molecule has 24 heavy (non-hydrogen) atoms. The minimum atomic E-state index is -0.753. The lowest BCUT2D eigenvalue weighted by Gasteiger charge is -1.99. The van der Waals surface area contributed by atoms with Crippen molar-refractivity contribution in [3.05, 3.63) is 60.8 Å². The SMILES string of the molecule is CCC(O)C=CC=CCC(O)C=CC=CCC=CCCCC(=O)O. The van der Waals surface area contributed by atoms with Crippen LogP contribution in [-0.4, -0.2) is 33.5 Å². The number of hydrogen-bond acceptors (Lipinski definition) is 3. The normalized spacial score (nSPS) is 15.5. The van der Waals surface area contributed by atoms with Crippen LogP contribution in [0.2, 0.25) is 0 Å². The molecule has 0 aliphatic rings. The van der Waals surface area contributed by atoms with Crippen LogP contribution in [0.5, 0.6) is 0 Å². The van der Waals surface area contributed by atoms with Crippen molar-refractivity contribution in [1.29, 1.82) is 0 Å². The Kier molecular flexibility index (Phi) is 14.7. The molecule has 0 fully saturated rings. The maximum atomic E-state index is 10.3. The average Bonchev–Trinajstić information content (AvgIpc) is 2.55. The second-order valence-electron chi connectivity index (χ2n) is 5.40. The number of carbonyl (C=O) groups is 1. The Bertz CT molecular complexity index is 458. The van der Waals surface area contributed by atoms with Gasteiger partial charge in [0.1, 0.15) is 0 Å². The van der Waals surface area contributed by atoms with Gasteiger partial charge in [-0.25, -0.2) is 0 Å². The molecule has 0 aromatic heterocycles. The van der Waals surface area contributed by atoms with Gasteiger partial charge in [0.15, 0.2) is 0 Å². The van der Waals surface area contributed by atoms with Gasteiger partial charge in [-0.15, -0.1) is 0 Å². The lowest BCUT2D eigenvalue weighted by atomic mass is 10.2. The van der Waals surface area contributed by atoms with E-state index in [2.05, 4.69) is 0 Å². The Morgan fingerprint density at radius 1 is 0.917 bits per heavy atom. The fourth-order valence-electron chi connectivity index (χ4n) is 1.72. The number of aliphatic hydroxyl groups is 2. The third-order valence-corrected chi connectivity index (χ3v) is 3.16. The van der Waals surface area contributed by atoms with Gasteiger partial charge < -0.3 is 15.3 Å². The van der Waals surface area contributed by atoms with E-state index in [0.29, 0.717) is 19.3 Å². The molecule has 0 rings (SSSR count). The topological polar surface area (TPSA) is 77.8 Å². The fourth-order valence-corrected chi connectivity index (χ4v) is 1.72. The summed E-state index contributed by atoms with van der Waals surface area (Å²) in [6, 6.07) is 0. The summed E-state index contributed by atoms with van der Waals surface area (Å²) in [7, 11) is 0. The van der Waals surface area contributed by atoms with E-state index in [0.717, 1.165) is 12.8 Å². The molecular formula is C20H30O4. The summed E-state index contributed by atoms with van der Waals surface area (Å²) in [6.07, 6.45) is 21.3. The number of hydrogen-bond donors (Lipinski definition) is 3. The molecule has 0 aliphatic heterocycles. The van der Waals surface area contributed by atoms with Gasteiger partial charge in [-0.2, -0.15) is 0 Å². The summed E-state index contributed by atoms with van der Waals surface area (Å²) >= 11 is 0. The first kappa shape index (κ1) is 22.1. The van der Waals surface area contributed by atoms with Crippen LogP contribution < -0.4 is 0 Å². The Hall–Kier alpha value is -1.91. The second kappa shape index (κ2) is 16.0. The minimum absolute atomic E-state index is 0.213. The monoisotopic (exact) mass is 334 g/mol. The zero-order valence-electron chi connectivity index (χ0n) is 14.4. The summed E-state index contributed by atoms with van der Waals surface area (Å²) in [6.45, 7) is 1.91. The van der Waals surface area contributed by atoms with Gasteiger partial charge in [0.25, 0.3) is 0 Å². The third kappa shape index (κ3) is 16.5. The summed E-state index contributed by atoms with van der Waals surface area (Å²) in [5.74, 6) is -0.753. The Morgan fingerprint density at radius 3 is 2.25 bits per heavy atom. The molecule has 0 heterocycles. The highest BCUT2D eigenvalue weighted by molar-refractivity contribution is 5.66. The number of carboxylic acid groups (broad SMARTS) is 1. The molecule has 2 atom stereocenters. The first-order valence-corrected chi connectivity index (χ1v) is 8.45. The Labute approximate surface area is 145 Å². The molecule has 0 radical (unpaired) electrons. The Morgan fingerprint density at radius 2 is 1.58 bits per heavy atom. The van der Waals surface area contributed by atoms with E-state index in [4.69, 9.17) is 5.11 Å². The predicted octanol–water partition coefficient (Wildman–Crippen LogP) is 3.93. The van der Waals surface area contributed by atoms with Crippen LogP contribution in [0, 0.1) is 0 Å². The maximum Gasteiger partial charge on any atom is 0.303 e. The van der Waals surface area contributed by atoms with Gasteiger partial charge >= 0.3 is 5.97 Å². The van der Waals surface area contributed by atoms with Crippen LogP contribution in [0.25, 0.3) is 0 Å². The molecule has 0 saturated heterocycles. The van der Waals surface area contributed by atoms with Gasteiger partial charge in [0, 0.05) is 6.42 Å². The fraction of sp³-hybridized carbons (Fsp3) is 0.450. The quantitative estimate of drug-likeness (QED) is 0.271. The highest BCUT2D eigenvalue weighted by atomic mass is 16.4. The smallest absolute Gasteiger partial charge is 0.303 e. The van der Waals surface area contributed by atoms with Gasteiger partial charge in [-0.05, 0) is 32.1 Å². The van der Waals surface area contributed by atoms with Crippen LogP contribution in [0.4, 0.5) is 0 Å². The second-order valence-corrected chi connectivity index (χ2v) is 5.40. The lowest BCUT2D eigenvalue weighted by Crippen LogP contribution is -1.99. The lowest BCUT2D eigenvalue weighted by molar-refractivity contribution is -0.137. The van der Waals surface area contributed by atoms with Gasteiger partial charge in [-0.3, -0.25) is 4.79 Å². The van der Waals surface area contributed by atoms with Crippen molar-refractivity contribution in [1.82, 2.24) is 0 Å². The van der Waals surface area contributed by atoms with Crippen molar-refractivity contribution < 1.29 is 20.1 Å². The van der Waals surface area contributed by atoms with Gasteiger partial charge in [-0.1, -0.05) is 67.7 Å². The summed E-state index contributed by atoms with van der Waals surface area (Å²) in [5, 5.41) is 27.5. The molecule has 0 bridgehead atoms. The summed E-state index contributed by atoms with van der Waals surface area (Å²) in [4.78, 5) is 10.3. The molecule has 4 heteroatoms. The van der Waals surface area contributed by atoms with E-state index in [9.17, 15) is 15.0 Å². The zero-order chi connectivity index (χ0) is 18.0. The first-order valence-electron chi connectivity index (χ1n) is 8.45. The molecule has 2 unspecified atom stereocenters. The average molecular weight is 334 g/mol. The van der Waals surface area contributed by atoms with E-state index < -0.39 is 18.2 Å². The van der Waals surface area contributed by atoms with Gasteiger partial charge in [0.2, 0.25) is 0 Å². The van der Waals surface area contributed by atoms with Crippen LogP contribution in [-0.2, 0) is 4.79 Å². The molecule has 0 aliphatic carbocycles. The summed E-state index contributed by atoms with van der Waals surface area (Å²) < 4.78 is 0. The number of aliphatic hydroxyl groups excluding tert-OH is 2. The highest BCUT2D eigenvalue weighted by Crippen LogP contribution is 1.99. The number of aliphatic carboxylic acids is 1. The molecule has 0 amide bonds. The van der Waals surface area contributed by atoms with E-state index in [1.54, 1.807) is 18.2 Å². The van der Waals surface area contributed by atoms with Crippen molar-refractivity contribution in [3.8, 4) is 0 Å². The zero-order valence-corrected chi connectivity index (χ0v) is 14.4. The van der Waals surface area contributed by atoms with Crippen molar-refractivity contribution >= 4 is 5.97 Å². The molecule has 0 aromatic carbocycles. The predicted molar refractivity (Wildman–Crippen MR) is 98.7 cm³/mol. The van der Waals surface area contributed by atoms with E-state index in [1.165, 1.54) is 0 Å². The van der Waals surface area contributed by atoms with E-state index >= 15 is 0 Å². The van der Waals surface area contributed by atoms with Crippen molar-refractivity contribution in [2.75, 3.05) is 0 Å². The molecule has 3 N–H and O–H groups in total. The van der Waals surface area contributed by atoms with Crippen LogP contribution in [0.1, 0.15) is 45.4 Å². The first-order chi connectivity index (χ1) is 11.6. The molecule has 4 nitrogen and oxygen atoms in total. The molecular weight excluding hydrogens is 304 g/mol. The number of unbranched alkanes of at least 4 members (excludes halogenated alkanes) is 1. The molecule has 0 aromatic rings. The third-order valence-electron chi connectivity index (χ3n) is 3.16. The van der Waals surface area contributed by atoms with Gasteiger partial charge in [0.05, 0.1) is 12.2 Å². The Balaban J connectivity index is 3.77. The van der Waals surface area contributed by atoms with Crippen LogP contribution in [0.15, 0.2) is 60.8 Å². The molecule has 134 valence electrons. The van der Waals surface area contributed by atoms with Crippen LogP contribution in [0.3, 0.4) is 0 Å². The maximum absolute atomic E-state index is 10.3. The van der Waals surface area contributed by atoms with E-state index in [-0.39, 0.29) is 6.42 Å². The van der Waals surface area contributed by atoms with Crippen LogP contribution >= 0.6 is 0 Å². The summed E-state index contributed by atoms with van der Waals surface area (Å²) in [5.41, 5.74) is 0. The van der Waals surface area contributed by atoms with Crippen molar-refractivity contribution in [3.63, 3.8) is 0 Å². The largest absolute Gasteiger partial charge is 0.481 e. The standard InChI is InChI=1S/C20H30O4/c1-2-18(21)14-11-9-12-16-19(22)15-10-7-5-3-4-6-8-13-17-20(23)24/h4-7,9-12,14-15,18-19,21-22H,2-3,8,13,16-17H2,1H3,(H,23,24). The number of allylic oxidation sites excluding steroid dienone is 7. The highest BCUT2D eigenvalue weighted by Gasteiger charge is 1.94. The van der Waals surface area contributed by atoms with Crippen molar-refractivity contribution in [2.45, 2.75) is 57.7 Å².